The van der Waals surface area contributed by atoms with Crippen LogP contribution in [0.3, 0.4) is 0 Å². The number of nitrogens with zero attached hydrogens (tertiary/aromatic N) is 1. The number of anilines is 1. The molecule has 2 aromatic rings. The Kier molecular flexibility index (Phi) is 9.03. The fourth-order valence-corrected chi connectivity index (χ4v) is 4.30. The molecule has 0 aliphatic rings. The first-order chi connectivity index (χ1) is 12.5. The second kappa shape index (κ2) is 11.0. The lowest BCUT2D eigenvalue weighted by Crippen LogP contribution is -2.29. The Bertz CT molecular complexity index is 736. The summed E-state index contributed by atoms with van der Waals surface area (Å²) in [6.45, 7) is 0.544. The molecule has 1 aromatic heterocycles. The zero-order valence-corrected chi connectivity index (χ0v) is 18.6. The number of carbonyl (C=O) groups is 2. The summed E-state index contributed by atoms with van der Waals surface area (Å²) in [6, 6.07) is 11.9. The van der Waals surface area contributed by atoms with E-state index < -0.39 is 0 Å². The van der Waals surface area contributed by atoms with E-state index in [0.29, 0.717) is 25.8 Å². The smallest absolute Gasteiger partial charge is 0.243 e. The maximum atomic E-state index is 12.8. The highest BCUT2D eigenvalue weighted by Crippen LogP contribution is 2.26. The lowest BCUT2D eigenvalue weighted by molar-refractivity contribution is -0.129. The van der Waals surface area contributed by atoms with Gasteiger partial charge >= 0.3 is 0 Å². The summed E-state index contributed by atoms with van der Waals surface area (Å²) in [5.41, 5.74) is 2.51. The summed E-state index contributed by atoms with van der Waals surface area (Å²) in [4.78, 5) is 26.7. The minimum Gasteiger partial charge on any atom is -0.307 e. The van der Waals surface area contributed by atoms with Crippen molar-refractivity contribution in [2.45, 2.75) is 38.6 Å². The van der Waals surface area contributed by atoms with Gasteiger partial charge in [-0.1, -0.05) is 6.42 Å². The molecule has 26 heavy (non-hydrogen) atoms. The molecular formula is C18H20BrIN2O3S. The van der Waals surface area contributed by atoms with Gasteiger partial charge in [0.15, 0.2) is 0 Å². The van der Waals surface area contributed by atoms with Crippen LogP contribution in [0.15, 0.2) is 40.2 Å². The number of benzene rings is 1. The van der Waals surface area contributed by atoms with Crippen LogP contribution in [0.4, 0.5) is 5.69 Å². The van der Waals surface area contributed by atoms with Crippen LogP contribution in [0.1, 0.15) is 37.0 Å². The summed E-state index contributed by atoms with van der Waals surface area (Å²) < 4.78 is 2.17. The molecule has 2 N–H and O–H groups in total. The SMILES string of the molecule is O=C(CCCCCC(=O)N(Cc1ccc(Br)s1)c1ccc(I)cc1)NO. The first kappa shape index (κ1) is 21.3. The third kappa shape index (κ3) is 6.98. The Morgan fingerprint density at radius 1 is 1.08 bits per heavy atom. The topological polar surface area (TPSA) is 69.6 Å². The first-order valence-corrected chi connectivity index (χ1v) is 10.9. The predicted molar refractivity (Wildman–Crippen MR) is 115 cm³/mol. The lowest BCUT2D eigenvalue weighted by atomic mass is 10.1. The van der Waals surface area contributed by atoms with Gasteiger partial charge in [0.2, 0.25) is 11.8 Å². The second-order valence-corrected chi connectivity index (χ2v) is 9.55. The van der Waals surface area contributed by atoms with E-state index in [2.05, 4.69) is 38.5 Å². The fraction of sp³-hybridized carbons (Fsp3) is 0.333. The van der Waals surface area contributed by atoms with E-state index in [1.807, 2.05) is 41.3 Å². The van der Waals surface area contributed by atoms with Gasteiger partial charge in [-0.15, -0.1) is 11.3 Å². The molecule has 0 fully saturated rings. The molecule has 2 amide bonds. The molecule has 0 saturated carbocycles. The van der Waals surface area contributed by atoms with Crippen LogP contribution in [-0.4, -0.2) is 17.0 Å². The molecule has 140 valence electrons. The molecule has 0 spiro atoms. The molecule has 0 unspecified atom stereocenters. The monoisotopic (exact) mass is 550 g/mol. The third-order valence-corrected chi connectivity index (χ3v) is 6.13. The average molecular weight is 551 g/mol. The van der Waals surface area contributed by atoms with Crippen molar-refractivity contribution in [1.82, 2.24) is 5.48 Å². The van der Waals surface area contributed by atoms with Crippen molar-refractivity contribution >= 4 is 67.4 Å². The van der Waals surface area contributed by atoms with Gasteiger partial charge in [-0.05, 0) is 87.8 Å². The van der Waals surface area contributed by atoms with E-state index in [1.165, 1.54) is 0 Å². The number of unbranched alkanes of at least 4 members (excludes halogenated alkanes) is 2. The van der Waals surface area contributed by atoms with Crippen molar-refractivity contribution in [1.29, 1.82) is 0 Å². The number of halogens is 2. The van der Waals surface area contributed by atoms with Crippen molar-refractivity contribution in [3.05, 3.63) is 48.6 Å². The van der Waals surface area contributed by atoms with Gasteiger partial charge in [-0.3, -0.25) is 14.8 Å². The van der Waals surface area contributed by atoms with Gasteiger partial charge < -0.3 is 4.90 Å². The van der Waals surface area contributed by atoms with Crippen LogP contribution in [0.25, 0.3) is 0 Å². The van der Waals surface area contributed by atoms with Crippen molar-refractivity contribution in [3.63, 3.8) is 0 Å². The number of hydroxylamine groups is 1. The molecule has 0 bridgehead atoms. The number of nitrogens with one attached hydrogen (secondary N) is 1. The van der Waals surface area contributed by atoms with Crippen LogP contribution in [-0.2, 0) is 16.1 Å². The van der Waals surface area contributed by atoms with Gasteiger partial charge in [0, 0.05) is 27.0 Å². The number of rotatable bonds is 9. The quantitative estimate of drug-likeness (QED) is 0.197. The van der Waals surface area contributed by atoms with Crippen LogP contribution >= 0.6 is 49.9 Å². The highest BCUT2D eigenvalue weighted by molar-refractivity contribution is 14.1. The number of amides is 2. The molecule has 0 aliphatic carbocycles. The largest absolute Gasteiger partial charge is 0.307 e. The molecule has 0 atom stereocenters. The van der Waals surface area contributed by atoms with E-state index in [1.54, 1.807) is 16.8 Å². The Labute approximate surface area is 179 Å². The lowest BCUT2D eigenvalue weighted by Gasteiger charge is -2.22. The molecule has 5 nitrogen and oxygen atoms in total. The zero-order chi connectivity index (χ0) is 18.9. The molecule has 0 aliphatic heterocycles. The Morgan fingerprint density at radius 2 is 1.77 bits per heavy atom. The first-order valence-electron chi connectivity index (χ1n) is 8.22. The maximum absolute atomic E-state index is 12.8. The minimum absolute atomic E-state index is 0.0716. The Balaban J connectivity index is 1.97. The molecular weight excluding hydrogens is 531 g/mol. The predicted octanol–water partition coefficient (Wildman–Crippen LogP) is 5.10. The number of hydrogen-bond acceptors (Lipinski definition) is 4. The van der Waals surface area contributed by atoms with Crippen molar-refractivity contribution < 1.29 is 14.8 Å². The van der Waals surface area contributed by atoms with Crippen LogP contribution in [0, 0.1) is 3.57 Å². The van der Waals surface area contributed by atoms with Crippen molar-refractivity contribution in [2.24, 2.45) is 0 Å². The van der Waals surface area contributed by atoms with Crippen LogP contribution in [0.2, 0.25) is 0 Å². The maximum Gasteiger partial charge on any atom is 0.243 e. The van der Waals surface area contributed by atoms with Crippen LogP contribution in [0.5, 0.6) is 0 Å². The summed E-state index contributed by atoms with van der Waals surface area (Å²) in [5, 5.41) is 8.48. The summed E-state index contributed by atoms with van der Waals surface area (Å²) in [6.07, 6.45) is 2.84. The van der Waals surface area contributed by atoms with Gasteiger partial charge in [-0.2, -0.15) is 0 Å². The molecule has 1 aromatic carbocycles. The van der Waals surface area contributed by atoms with E-state index in [0.717, 1.165) is 24.3 Å². The van der Waals surface area contributed by atoms with E-state index in [-0.39, 0.29) is 18.2 Å². The van der Waals surface area contributed by atoms with Crippen molar-refractivity contribution in [3.8, 4) is 0 Å². The number of carbonyl (C=O) groups excluding carboxylic acids is 2. The summed E-state index contributed by atoms with van der Waals surface area (Å²) >= 11 is 7.33. The highest BCUT2D eigenvalue weighted by Gasteiger charge is 2.17. The second-order valence-electron chi connectivity index (χ2n) is 5.76. The number of hydrogen-bond donors (Lipinski definition) is 2. The molecule has 0 saturated heterocycles. The third-order valence-electron chi connectivity index (χ3n) is 3.80. The molecule has 1 heterocycles. The average Bonchev–Trinajstić information content (AvgIpc) is 3.05. The van der Waals surface area contributed by atoms with Gasteiger partial charge in [-0.25, -0.2) is 5.48 Å². The normalized spacial score (nSPS) is 10.6. The Morgan fingerprint density at radius 3 is 2.38 bits per heavy atom. The standard InChI is InChI=1S/C18H20BrIN2O3S/c19-16-11-10-15(26-16)12-22(14-8-6-13(20)7-9-14)18(24)5-3-1-2-4-17(23)21-25/h6-11,25H,1-5,12H2,(H,21,23). The van der Waals surface area contributed by atoms with Crippen LogP contribution < -0.4 is 10.4 Å². The summed E-state index contributed by atoms with van der Waals surface area (Å²) in [7, 11) is 0. The fourth-order valence-electron chi connectivity index (χ4n) is 2.47. The van der Waals surface area contributed by atoms with Gasteiger partial charge in [0.25, 0.3) is 0 Å². The highest BCUT2D eigenvalue weighted by atomic mass is 127. The van der Waals surface area contributed by atoms with E-state index >= 15 is 0 Å². The van der Waals surface area contributed by atoms with Crippen molar-refractivity contribution in [2.75, 3.05) is 4.90 Å². The molecule has 0 radical (unpaired) electrons. The number of thiophene rings is 1. The zero-order valence-electron chi connectivity index (χ0n) is 14.1. The van der Waals surface area contributed by atoms with E-state index in [4.69, 9.17) is 5.21 Å². The molecule has 2 rings (SSSR count). The Hall–Kier alpha value is -0.970. The minimum atomic E-state index is -0.389. The molecule has 8 heteroatoms. The summed E-state index contributed by atoms with van der Waals surface area (Å²) in [5.74, 6) is -0.317. The van der Waals surface area contributed by atoms with Gasteiger partial charge in [0.1, 0.15) is 0 Å². The van der Waals surface area contributed by atoms with Gasteiger partial charge in [0.05, 0.1) is 10.3 Å². The van der Waals surface area contributed by atoms with E-state index in [9.17, 15) is 9.59 Å².